The van der Waals surface area contributed by atoms with E-state index in [2.05, 4.69) is 5.32 Å². The zero-order valence-corrected chi connectivity index (χ0v) is 9.56. The lowest BCUT2D eigenvalue weighted by atomic mass is 10.0. The minimum Gasteiger partial charge on any atom is -0.399 e. The van der Waals surface area contributed by atoms with Gasteiger partial charge in [0, 0.05) is 16.8 Å². The fourth-order valence-electron chi connectivity index (χ4n) is 2.12. The molecule has 1 unspecified atom stereocenters. The summed E-state index contributed by atoms with van der Waals surface area (Å²) in [7, 11) is 0. The Kier molecular flexibility index (Phi) is 3.49. The zero-order valence-electron chi connectivity index (χ0n) is 8.80. The Hall–Kier alpha value is -0.730. The number of hydrogen-bond donors (Lipinski definition) is 2. The number of anilines is 1. The lowest BCUT2D eigenvalue weighted by Gasteiger charge is -2.11. The molecule has 0 amide bonds. The standard InChI is InChI=1S/C12H17ClN2/c13-10-4-6-12(14)9(8-10)3-5-11-2-1-7-15-11/h4,6,8,11,15H,1-3,5,7,14H2. The first kappa shape index (κ1) is 10.8. The van der Waals surface area contributed by atoms with Crippen molar-refractivity contribution in [3.63, 3.8) is 0 Å². The highest BCUT2D eigenvalue weighted by Gasteiger charge is 2.14. The third-order valence-corrected chi connectivity index (χ3v) is 3.26. The number of halogens is 1. The van der Waals surface area contributed by atoms with Crippen LogP contribution in [0.1, 0.15) is 24.8 Å². The Labute approximate surface area is 95.8 Å². The molecule has 1 saturated heterocycles. The van der Waals surface area contributed by atoms with Gasteiger partial charge >= 0.3 is 0 Å². The molecule has 0 radical (unpaired) electrons. The smallest absolute Gasteiger partial charge is 0.0410 e. The van der Waals surface area contributed by atoms with Crippen molar-refractivity contribution in [2.45, 2.75) is 31.7 Å². The zero-order chi connectivity index (χ0) is 10.7. The molecule has 1 aromatic carbocycles. The monoisotopic (exact) mass is 224 g/mol. The number of nitrogens with one attached hydrogen (secondary N) is 1. The highest BCUT2D eigenvalue weighted by Crippen LogP contribution is 2.21. The first-order valence-corrected chi connectivity index (χ1v) is 5.91. The predicted molar refractivity (Wildman–Crippen MR) is 65.2 cm³/mol. The van der Waals surface area contributed by atoms with Crippen LogP contribution in [-0.4, -0.2) is 12.6 Å². The van der Waals surface area contributed by atoms with E-state index in [1.54, 1.807) is 0 Å². The molecule has 15 heavy (non-hydrogen) atoms. The van der Waals surface area contributed by atoms with Crippen LogP contribution in [0.5, 0.6) is 0 Å². The molecule has 1 aromatic rings. The third kappa shape index (κ3) is 2.86. The van der Waals surface area contributed by atoms with Crippen molar-refractivity contribution in [2.24, 2.45) is 0 Å². The molecule has 0 aliphatic carbocycles. The molecule has 3 N–H and O–H groups in total. The van der Waals surface area contributed by atoms with Gasteiger partial charge in [-0.2, -0.15) is 0 Å². The fraction of sp³-hybridized carbons (Fsp3) is 0.500. The van der Waals surface area contributed by atoms with E-state index in [4.69, 9.17) is 17.3 Å². The summed E-state index contributed by atoms with van der Waals surface area (Å²) in [5, 5.41) is 4.26. The lowest BCUT2D eigenvalue weighted by molar-refractivity contribution is 0.559. The number of rotatable bonds is 3. The maximum Gasteiger partial charge on any atom is 0.0410 e. The average Bonchev–Trinajstić information content (AvgIpc) is 2.72. The van der Waals surface area contributed by atoms with Crippen LogP contribution >= 0.6 is 11.6 Å². The van der Waals surface area contributed by atoms with Gasteiger partial charge in [0.1, 0.15) is 0 Å². The van der Waals surface area contributed by atoms with Crippen molar-refractivity contribution in [1.82, 2.24) is 5.32 Å². The van der Waals surface area contributed by atoms with Crippen molar-refractivity contribution >= 4 is 17.3 Å². The largest absolute Gasteiger partial charge is 0.399 e. The highest BCUT2D eigenvalue weighted by molar-refractivity contribution is 6.30. The molecular formula is C12H17ClN2. The molecule has 1 aliphatic heterocycles. The number of nitrogens with two attached hydrogens (primary N) is 1. The summed E-state index contributed by atoms with van der Waals surface area (Å²) < 4.78 is 0. The molecule has 0 saturated carbocycles. The van der Waals surface area contributed by atoms with Gasteiger partial charge in [-0.1, -0.05) is 11.6 Å². The predicted octanol–water partition coefficient (Wildman–Crippen LogP) is 2.61. The summed E-state index contributed by atoms with van der Waals surface area (Å²) in [4.78, 5) is 0. The second-order valence-electron chi connectivity index (χ2n) is 4.18. The normalized spacial score (nSPS) is 20.7. The van der Waals surface area contributed by atoms with Gasteiger partial charge in [0.2, 0.25) is 0 Å². The average molecular weight is 225 g/mol. The second kappa shape index (κ2) is 4.86. The van der Waals surface area contributed by atoms with Crippen LogP contribution in [0.15, 0.2) is 18.2 Å². The van der Waals surface area contributed by atoms with Crippen LogP contribution in [0.25, 0.3) is 0 Å². The van der Waals surface area contributed by atoms with Gasteiger partial charge in [-0.05, 0) is 56.0 Å². The van der Waals surface area contributed by atoms with Crippen molar-refractivity contribution in [1.29, 1.82) is 0 Å². The molecule has 2 rings (SSSR count). The topological polar surface area (TPSA) is 38.0 Å². The Bertz CT molecular complexity index is 332. The van der Waals surface area contributed by atoms with Crippen LogP contribution in [0.4, 0.5) is 5.69 Å². The summed E-state index contributed by atoms with van der Waals surface area (Å²) >= 11 is 5.94. The van der Waals surface area contributed by atoms with Crippen LogP contribution in [0.2, 0.25) is 5.02 Å². The molecule has 82 valence electrons. The fourth-order valence-corrected chi connectivity index (χ4v) is 2.32. The quantitative estimate of drug-likeness (QED) is 0.775. The minimum absolute atomic E-state index is 0.670. The molecule has 0 spiro atoms. The van der Waals surface area contributed by atoms with Gasteiger partial charge in [0.25, 0.3) is 0 Å². The van der Waals surface area contributed by atoms with Crippen molar-refractivity contribution in [3.8, 4) is 0 Å². The SMILES string of the molecule is Nc1ccc(Cl)cc1CCC1CCCN1. The maximum absolute atomic E-state index is 5.94. The van der Waals surface area contributed by atoms with E-state index in [-0.39, 0.29) is 0 Å². The van der Waals surface area contributed by atoms with Gasteiger partial charge in [0.05, 0.1) is 0 Å². The van der Waals surface area contributed by atoms with Gasteiger partial charge in [-0.15, -0.1) is 0 Å². The number of aryl methyl sites for hydroxylation is 1. The van der Waals surface area contributed by atoms with Crippen LogP contribution in [0, 0.1) is 0 Å². The molecular weight excluding hydrogens is 208 g/mol. The molecule has 0 bridgehead atoms. The summed E-state index contributed by atoms with van der Waals surface area (Å²) in [6.45, 7) is 1.16. The Morgan fingerprint density at radius 2 is 2.33 bits per heavy atom. The lowest BCUT2D eigenvalue weighted by Crippen LogP contribution is -2.21. The molecule has 1 fully saturated rings. The number of benzene rings is 1. The number of nitrogen functional groups attached to an aromatic ring is 1. The molecule has 1 aliphatic rings. The highest BCUT2D eigenvalue weighted by atomic mass is 35.5. The second-order valence-corrected chi connectivity index (χ2v) is 4.61. The summed E-state index contributed by atoms with van der Waals surface area (Å²) in [6, 6.07) is 6.38. The molecule has 0 aromatic heterocycles. The van der Waals surface area contributed by atoms with Crippen molar-refractivity contribution in [3.05, 3.63) is 28.8 Å². The van der Waals surface area contributed by atoms with Crippen molar-refractivity contribution < 1.29 is 0 Å². The first-order valence-electron chi connectivity index (χ1n) is 5.53. The van der Waals surface area contributed by atoms with E-state index in [1.165, 1.54) is 18.4 Å². The van der Waals surface area contributed by atoms with Crippen LogP contribution in [0.3, 0.4) is 0 Å². The molecule has 1 heterocycles. The Morgan fingerprint density at radius 3 is 3.07 bits per heavy atom. The maximum atomic E-state index is 5.94. The minimum atomic E-state index is 0.670. The van der Waals surface area contributed by atoms with Crippen LogP contribution < -0.4 is 11.1 Å². The van der Waals surface area contributed by atoms with Gasteiger partial charge in [-0.25, -0.2) is 0 Å². The van der Waals surface area contributed by atoms with E-state index in [0.29, 0.717) is 6.04 Å². The Morgan fingerprint density at radius 1 is 1.47 bits per heavy atom. The first-order chi connectivity index (χ1) is 7.25. The summed E-state index contributed by atoms with van der Waals surface area (Å²) in [5.74, 6) is 0. The molecule has 1 atom stereocenters. The van der Waals surface area contributed by atoms with Gasteiger partial charge < -0.3 is 11.1 Å². The molecule has 2 nitrogen and oxygen atoms in total. The van der Waals surface area contributed by atoms with Crippen LogP contribution in [-0.2, 0) is 6.42 Å². The van der Waals surface area contributed by atoms with Crippen molar-refractivity contribution in [2.75, 3.05) is 12.3 Å². The van der Waals surface area contributed by atoms with E-state index in [9.17, 15) is 0 Å². The van der Waals surface area contributed by atoms with Gasteiger partial charge in [0.15, 0.2) is 0 Å². The molecule has 3 heteroatoms. The summed E-state index contributed by atoms with van der Waals surface area (Å²) in [6.07, 6.45) is 4.77. The number of hydrogen-bond acceptors (Lipinski definition) is 2. The Balaban J connectivity index is 1.94. The third-order valence-electron chi connectivity index (χ3n) is 3.03. The van der Waals surface area contributed by atoms with E-state index in [1.807, 2.05) is 18.2 Å². The van der Waals surface area contributed by atoms with E-state index in [0.717, 1.165) is 30.1 Å². The summed E-state index contributed by atoms with van der Waals surface area (Å²) in [5.41, 5.74) is 7.93. The van der Waals surface area contributed by atoms with E-state index < -0.39 is 0 Å². The van der Waals surface area contributed by atoms with Gasteiger partial charge in [-0.3, -0.25) is 0 Å². The van der Waals surface area contributed by atoms with E-state index >= 15 is 0 Å².